The van der Waals surface area contributed by atoms with Crippen molar-refractivity contribution in [3.63, 3.8) is 0 Å². The van der Waals surface area contributed by atoms with Gasteiger partial charge in [0.1, 0.15) is 11.2 Å². The highest BCUT2D eigenvalue weighted by atomic mass is 32.1. The zero-order valence-electron chi connectivity index (χ0n) is 29.8. The van der Waals surface area contributed by atoms with Crippen LogP contribution in [0.1, 0.15) is 0 Å². The Morgan fingerprint density at radius 3 is 1.89 bits per heavy atom. The highest BCUT2D eigenvalue weighted by Crippen LogP contribution is 2.47. The van der Waals surface area contributed by atoms with Crippen LogP contribution in [0.3, 0.4) is 0 Å². The van der Waals surface area contributed by atoms with Crippen LogP contribution in [-0.4, -0.2) is 0 Å². The lowest BCUT2D eigenvalue weighted by molar-refractivity contribution is 0.669. The van der Waals surface area contributed by atoms with Crippen LogP contribution in [0.4, 0.5) is 17.1 Å². The third-order valence-corrected chi connectivity index (χ3v) is 12.0. The summed E-state index contributed by atoms with van der Waals surface area (Å²) in [4.78, 5) is 2.41. The van der Waals surface area contributed by atoms with Crippen molar-refractivity contribution in [1.29, 1.82) is 0 Å². The molecule has 11 rings (SSSR count). The van der Waals surface area contributed by atoms with E-state index in [1.807, 2.05) is 17.4 Å². The fourth-order valence-electron chi connectivity index (χ4n) is 8.30. The van der Waals surface area contributed by atoms with Crippen molar-refractivity contribution < 1.29 is 4.42 Å². The molecule has 0 radical (unpaired) electrons. The third-order valence-electron chi connectivity index (χ3n) is 10.9. The van der Waals surface area contributed by atoms with Crippen molar-refractivity contribution >= 4 is 81.3 Å². The first kappa shape index (κ1) is 31.6. The van der Waals surface area contributed by atoms with E-state index >= 15 is 0 Å². The second-order valence-corrected chi connectivity index (χ2v) is 15.1. The van der Waals surface area contributed by atoms with E-state index in [1.54, 1.807) is 0 Å². The zero-order chi connectivity index (χ0) is 36.3. The smallest absolute Gasteiger partial charge is 0.137 e. The molecule has 3 heteroatoms. The van der Waals surface area contributed by atoms with Crippen LogP contribution in [0.25, 0.3) is 86.3 Å². The Labute approximate surface area is 322 Å². The molecule has 0 aliphatic heterocycles. The minimum atomic E-state index is 0.868. The van der Waals surface area contributed by atoms with Gasteiger partial charge < -0.3 is 9.32 Å². The summed E-state index contributed by atoms with van der Waals surface area (Å²) in [7, 11) is 0. The van der Waals surface area contributed by atoms with Crippen LogP contribution in [0.5, 0.6) is 0 Å². The quantitative estimate of drug-likeness (QED) is 0.170. The van der Waals surface area contributed by atoms with Gasteiger partial charge in [-0.3, -0.25) is 0 Å². The van der Waals surface area contributed by atoms with E-state index in [4.69, 9.17) is 4.42 Å². The fourth-order valence-corrected chi connectivity index (χ4v) is 9.39. The maximum Gasteiger partial charge on any atom is 0.137 e. The second kappa shape index (κ2) is 12.9. The van der Waals surface area contributed by atoms with Gasteiger partial charge in [0.2, 0.25) is 0 Å². The first-order valence-corrected chi connectivity index (χ1v) is 19.5. The molecule has 2 aromatic heterocycles. The largest absolute Gasteiger partial charge is 0.456 e. The van der Waals surface area contributed by atoms with Gasteiger partial charge in [0.15, 0.2) is 0 Å². The van der Waals surface area contributed by atoms with Crippen LogP contribution in [0, 0.1) is 0 Å². The number of para-hydroxylation sites is 2. The lowest BCUT2D eigenvalue weighted by Gasteiger charge is -2.29. The normalized spacial score (nSPS) is 11.6. The Kier molecular flexibility index (Phi) is 7.39. The highest BCUT2D eigenvalue weighted by Gasteiger charge is 2.22. The molecule has 0 atom stereocenters. The molecule has 0 aliphatic carbocycles. The molecule has 0 saturated carbocycles. The van der Waals surface area contributed by atoms with E-state index in [-0.39, 0.29) is 0 Å². The number of anilines is 3. The Morgan fingerprint density at radius 1 is 0.364 bits per heavy atom. The number of furan rings is 1. The molecular weight excluding hydrogens is 687 g/mol. The van der Waals surface area contributed by atoms with Crippen molar-refractivity contribution in [3.05, 3.63) is 200 Å². The summed E-state index contributed by atoms with van der Waals surface area (Å²) >= 11 is 1.85. The van der Waals surface area contributed by atoms with Crippen LogP contribution in [-0.2, 0) is 0 Å². The molecule has 0 saturated heterocycles. The van der Waals surface area contributed by atoms with Gasteiger partial charge in [-0.2, -0.15) is 0 Å². The van der Waals surface area contributed by atoms with E-state index in [9.17, 15) is 0 Å². The predicted molar refractivity (Wildman–Crippen MR) is 235 cm³/mol. The molecule has 0 bridgehead atoms. The molecule has 2 nitrogen and oxygen atoms in total. The summed E-state index contributed by atoms with van der Waals surface area (Å²) in [5, 5.41) is 7.31. The molecule has 11 aromatic rings. The molecule has 0 fully saturated rings. The van der Waals surface area contributed by atoms with Crippen molar-refractivity contribution in [2.45, 2.75) is 0 Å². The van der Waals surface area contributed by atoms with Gasteiger partial charge in [-0.05, 0) is 99.3 Å². The number of thiophene rings is 1. The Balaban J connectivity index is 1.09. The summed E-state index contributed by atoms with van der Waals surface area (Å²) in [5.41, 5.74) is 12.1. The molecular formula is C52H33NOS. The van der Waals surface area contributed by atoms with Crippen LogP contribution in [0.15, 0.2) is 205 Å². The zero-order valence-corrected chi connectivity index (χ0v) is 30.6. The van der Waals surface area contributed by atoms with Crippen LogP contribution in [0.2, 0.25) is 0 Å². The molecule has 0 unspecified atom stereocenters. The summed E-state index contributed by atoms with van der Waals surface area (Å²) in [5.74, 6) is 0. The Bertz CT molecular complexity index is 3220. The van der Waals surface area contributed by atoms with Crippen molar-refractivity contribution in [3.8, 4) is 33.4 Å². The second-order valence-electron chi connectivity index (χ2n) is 14.1. The van der Waals surface area contributed by atoms with Gasteiger partial charge in [0.25, 0.3) is 0 Å². The van der Waals surface area contributed by atoms with E-state index in [0.29, 0.717) is 0 Å². The Hall–Kier alpha value is -6.94. The first-order valence-electron chi connectivity index (χ1n) is 18.7. The van der Waals surface area contributed by atoms with Crippen LogP contribution >= 0.6 is 11.3 Å². The molecule has 0 amide bonds. The number of hydrogen-bond acceptors (Lipinski definition) is 3. The lowest BCUT2D eigenvalue weighted by Crippen LogP contribution is -2.11. The lowest BCUT2D eigenvalue weighted by atomic mass is 9.94. The SMILES string of the molecule is c1cc(-c2ccccc2N(c2ccc(-c3ccc4sc5ccccc5c4c3)cc2)c2cccc3oc4ccccc4c23)cc(-c2cccc3ccccc23)c1. The van der Waals surface area contributed by atoms with Gasteiger partial charge in [0, 0.05) is 36.8 Å². The highest BCUT2D eigenvalue weighted by molar-refractivity contribution is 7.25. The summed E-state index contributed by atoms with van der Waals surface area (Å²) < 4.78 is 9.08. The van der Waals surface area contributed by atoms with Crippen molar-refractivity contribution in [2.75, 3.05) is 4.90 Å². The average Bonchev–Trinajstić information content (AvgIpc) is 3.83. The maximum absolute atomic E-state index is 6.44. The fraction of sp³-hybridized carbons (Fsp3) is 0. The number of nitrogens with zero attached hydrogens (tertiary/aromatic N) is 1. The Morgan fingerprint density at radius 2 is 0.982 bits per heavy atom. The number of fused-ring (bicyclic) bond motifs is 7. The number of rotatable bonds is 6. The van der Waals surface area contributed by atoms with Gasteiger partial charge in [-0.25, -0.2) is 0 Å². The van der Waals surface area contributed by atoms with E-state index in [2.05, 4.69) is 199 Å². The van der Waals surface area contributed by atoms with Crippen molar-refractivity contribution in [1.82, 2.24) is 0 Å². The topological polar surface area (TPSA) is 16.4 Å². The van der Waals surface area contributed by atoms with E-state index < -0.39 is 0 Å². The van der Waals surface area contributed by atoms with E-state index in [0.717, 1.165) is 50.1 Å². The van der Waals surface area contributed by atoms with Gasteiger partial charge >= 0.3 is 0 Å². The van der Waals surface area contributed by atoms with Gasteiger partial charge in [0.05, 0.1) is 16.8 Å². The maximum atomic E-state index is 6.44. The molecule has 55 heavy (non-hydrogen) atoms. The summed E-state index contributed by atoms with van der Waals surface area (Å²) in [6.45, 7) is 0. The first-order chi connectivity index (χ1) is 27.3. The standard InChI is InChI=1S/C52H33NOS/c1-2-16-40-35(12-1)13-10-20-41(40)37-14-9-15-38(32-37)42-17-3-6-21-46(42)53(47-22-11-24-49-52(47)44-19-4-7-23-48(44)54-49)39-29-26-34(27-30-39)36-28-31-51-45(33-36)43-18-5-8-25-50(43)55-51/h1-33H. The molecule has 0 aliphatic rings. The number of hydrogen-bond donors (Lipinski definition) is 0. The van der Waals surface area contributed by atoms with Crippen LogP contribution < -0.4 is 4.90 Å². The third kappa shape index (κ3) is 5.32. The molecule has 0 N–H and O–H groups in total. The molecule has 258 valence electrons. The minimum absolute atomic E-state index is 0.868. The van der Waals surface area contributed by atoms with Crippen molar-refractivity contribution in [2.24, 2.45) is 0 Å². The molecule has 9 aromatic carbocycles. The monoisotopic (exact) mass is 719 g/mol. The van der Waals surface area contributed by atoms with Gasteiger partial charge in [-0.15, -0.1) is 11.3 Å². The number of benzene rings is 9. The summed E-state index contributed by atoms with van der Waals surface area (Å²) in [6.07, 6.45) is 0. The average molecular weight is 720 g/mol. The van der Waals surface area contributed by atoms with Gasteiger partial charge in [-0.1, -0.05) is 140 Å². The molecule has 0 spiro atoms. The predicted octanol–water partition coefficient (Wildman–Crippen LogP) is 15.6. The minimum Gasteiger partial charge on any atom is -0.456 e. The summed E-state index contributed by atoms with van der Waals surface area (Å²) in [6, 6.07) is 72.3. The molecule has 2 heterocycles. The van der Waals surface area contributed by atoms with E-state index in [1.165, 1.54) is 53.2 Å².